The number of aryl methyl sites for hydroxylation is 1. The molecule has 3 rings (SSSR count). The fraction of sp³-hybridized carbons (Fsp3) is 0.158. The van der Waals surface area contributed by atoms with Crippen LogP contribution >= 0.6 is 11.6 Å². The van der Waals surface area contributed by atoms with E-state index in [1.807, 2.05) is 61.5 Å². The number of methoxy groups -OCH3 is 1. The molecule has 5 nitrogen and oxygen atoms in total. The highest BCUT2D eigenvalue weighted by molar-refractivity contribution is 6.31. The average Bonchev–Trinajstić information content (AvgIpc) is 2.61. The summed E-state index contributed by atoms with van der Waals surface area (Å²) in [5.41, 5.74) is 2.68. The quantitative estimate of drug-likeness (QED) is 0.665. The summed E-state index contributed by atoms with van der Waals surface area (Å²) < 4.78 is 5.35. The van der Waals surface area contributed by atoms with E-state index in [4.69, 9.17) is 16.3 Å². The van der Waals surface area contributed by atoms with Crippen LogP contribution < -0.4 is 15.4 Å². The summed E-state index contributed by atoms with van der Waals surface area (Å²) in [6.07, 6.45) is 0. The first-order valence-corrected chi connectivity index (χ1v) is 8.26. The van der Waals surface area contributed by atoms with Crippen molar-refractivity contribution >= 4 is 29.1 Å². The second-order valence-electron chi connectivity index (χ2n) is 5.49. The maximum atomic E-state index is 6.19. The maximum absolute atomic E-state index is 6.19. The van der Waals surface area contributed by atoms with Crippen LogP contribution in [0.2, 0.25) is 5.02 Å². The zero-order chi connectivity index (χ0) is 17.6. The molecule has 0 atom stereocenters. The van der Waals surface area contributed by atoms with E-state index >= 15 is 0 Å². The molecule has 0 aliphatic heterocycles. The Balaban J connectivity index is 1.77. The Morgan fingerprint density at radius 2 is 1.80 bits per heavy atom. The van der Waals surface area contributed by atoms with Crippen LogP contribution in [-0.4, -0.2) is 17.1 Å². The molecule has 128 valence electrons. The zero-order valence-electron chi connectivity index (χ0n) is 14.1. The highest BCUT2D eigenvalue weighted by Crippen LogP contribution is 2.26. The van der Waals surface area contributed by atoms with E-state index in [1.165, 1.54) is 0 Å². The molecule has 0 aliphatic rings. The Labute approximate surface area is 152 Å². The van der Waals surface area contributed by atoms with Crippen molar-refractivity contribution in [1.82, 2.24) is 9.97 Å². The first kappa shape index (κ1) is 17.0. The number of ether oxygens (including phenoxy) is 1. The second kappa shape index (κ2) is 7.85. The molecule has 2 aromatic carbocycles. The topological polar surface area (TPSA) is 59.1 Å². The lowest BCUT2D eigenvalue weighted by atomic mass is 10.2. The summed E-state index contributed by atoms with van der Waals surface area (Å²) >= 11 is 6.19. The predicted octanol–water partition coefficient (Wildman–Crippen LogP) is 4.80. The summed E-state index contributed by atoms with van der Waals surface area (Å²) in [5.74, 6) is 1.97. The Kier molecular flexibility index (Phi) is 5.36. The number of hydrogen-bond acceptors (Lipinski definition) is 5. The smallest absolute Gasteiger partial charge is 0.229 e. The van der Waals surface area contributed by atoms with Gasteiger partial charge in [-0.15, -0.1) is 0 Å². The van der Waals surface area contributed by atoms with Crippen LogP contribution in [0, 0.1) is 6.92 Å². The molecule has 0 saturated carbocycles. The zero-order valence-corrected chi connectivity index (χ0v) is 14.8. The molecular formula is C19H19ClN4O. The van der Waals surface area contributed by atoms with Crippen molar-refractivity contribution in [2.75, 3.05) is 17.7 Å². The van der Waals surface area contributed by atoms with Crippen molar-refractivity contribution < 1.29 is 4.74 Å². The van der Waals surface area contributed by atoms with Crippen molar-refractivity contribution in [3.05, 3.63) is 70.9 Å². The Morgan fingerprint density at radius 3 is 2.60 bits per heavy atom. The Bertz CT molecular complexity index is 870. The van der Waals surface area contributed by atoms with Gasteiger partial charge < -0.3 is 15.4 Å². The minimum Gasteiger partial charge on any atom is -0.495 e. The monoisotopic (exact) mass is 354 g/mol. The summed E-state index contributed by atoms with van der Waals surface area (Å²) in [7, 11) is 1.63. The van der Waals surface area contributed by atoms with Crippen LogP contribution in [0.15, 0.2) is 54.6 Å². The normalized spacial score (nSPS) is 10.4. The third-order valence-corrected chi connectivity index (χ3v) is 3.99. The van der Waals surface area contributed by atoms with Gasteiger partial charge in [0.25, 0.3) is 0 Å². The molecule has 2 N–H and O–H groups in total. The predicted molar refractivity (Wildman–Crippen MR) is 102 cm³/mol. The van der Waals surface area contributed by atoms with Crippen LogP contribution in [-0.2, 0) is 6.54 Å². The van der Waals surface area contributed by atoms with E-state index in [1.54, 1.807) is 7.11 Å². The van der Waals surface area contributed by atoms with Gasteiger partial charge in [0, 0.05) is 23.3 Å². The number of rotatable bonds is 6. The van der Waals surface area contributed by atoms with Crippen molar-refractivity contribution in [2.45, 2.75) is 13.5 Å². The van der Waals surface area contributed by atoms with E-state index in [9.17, 15) is 0 Å². The van der Waals surface area contributed by atoms with Gasteiger partial charge in [0.1, 0.15) is 11.6 Å². The van der Waals surface area contributed by atoms with Crippen LogP contribution in [0.1, 0.15) is 11.3 Å². The van der Waals surface area contributed by atoms with Crippen LogP contribution in [0.3, 0.4) is 0 Å². The van der Waals surface area contributed by atoms with Gasteiger partial charge in [0.15, 0.2) is 0 Å². The fourth-order valence-corrected chi connectivity index (χ4v) is 2.61. The van der Waals surface area contributed by atoms with Gasteiger partial charge in [-0.2, -0.15) is 4.98 Å². The highest BCUT2D eigenvalue weighted by atomic mass is 35.5. The molecule has 25 heavy (non-hydrogen) atoms. The SMILES string of the molecule is COc1ccccc1Nc1nc(C)cc(NCc2ccccc2Cl)n1. The third-order valence-electron chi connectivity index (χ3n) is 3.63. The molecule has 0 fully saturated rings. The lowest BCUT2D eigenvalue weighted by Crippen LogP contribution is -2.06. The van der Waals surface area contributed by atoms with Crippen LogP contribution in [0.5, 0.6) is 5.75 Å². The van der Waals surface area contributed by atoms with Gasteiger partial charge in [-0.1, -0.05) is 41.9 Å². The maximum Gasteiger partial charge on any atom is 0.229 e. The van der Waals surface area contributed by atoms with Gasteiger partial charge in [-0.05, 0) is 30.7 Å². The number of aromatic nitrogens is 2. The number of nitrogens with one attached hydrogen (secondary N) is 2. The first-order chi connectivity index (χ1) is 12.2. The van der Waals surface area contributed by atoms with Crippen LogP contribution in [0.4, 0.5) is 17.5 Å². The van der Waals surface area contributed by atoms with E-state index < -0.39 is 0 Å². The largest absolute Gasteiger partial charge is 0.495 e. The van der Waals surface area contributed by atoms with Gasteiger partial charge >= 0.3 is 0 Å². The molecule has 0 spiro atoms. The van der Waals surface area contributed by atoms with Crippen molar-refractivity contribution in [2.24, 2.45) is 0 Å². The Morgan fingerprint density at radius 1 is 1.04 bits per heavy atom. The molecule has 1 heterocycles. The van der Waals surface area contributed by atoms with Gasteiger partial charge in [-0.25, -0.2) is 4.98 Å². The third kappa shape index (κ3) is 4.39. The number of nitrogens with zero attached hydrogens (tertiary/aromatic N) is 2. The Hall–Kier alpha value is -2.79. The standard InChI is InChI=1S/C19H19ClN4O/c1-13-11-18(21-12-14-7-3-4-8-15(14)20)24-19(22-13)23-16-9-5-6-10-17(16)25-2/h3-11H,12H2,1-2H3,(H2,21,22,23,24). The number of hydrogen-bond donors (Lipinski definition) is 2. The van der Waals surface area contributed by atoms with Gasteiger partial charge in [-0.3, -0.25) is 0 Å². The van der Waals surface area contributed by atoms with E-state index in [0.29, 0.717) is 12.5 Å². The molecule has 3 aromatic rings. The summed E-state index contributed by atoms with van der Waals surface area (Å²) in [4.78, 5) is 8.95. The number of benzene rings is 2. The van der Waals surface area contributed by atoms with Gasteiger partial charge in [0.2, 0.25) is 5.95 Å². The summed E-state index contributed by atoms with van der Waals surface area (Å²) in [6.45, 7) is 2.51. The molecule has 0 amide bonds. The van der Waals surface area contributed by atoms with Crippen LogP contribution in [0.25, 0.3) is 0 Å². The first-order valence-electron chi connectivity index (χ1n) is 7.88. The van der Waals surface area contributed by atoms with E-state index in [2.05, 4.69) is 20.6 Å². The lowest BCUT2D eigenvalue weighted by Gasteiger charge is -2.12. The van der Waals surface area contributed by atoms with Gasteiger partial charge in [0.05, 0.1) is 12.8 Å². The molecule has 0 radical (unpaired) electrons. The lowest BCUT2D eigenvalue weighted by molar-refractivity contribution is 0.417. The van der Waals surface area contributed by atoms with Crippen molar-refractivity contribution in [1.29, 1.82) is 0 Å². The fourth-order valence-electron chi connectivity index (χ4n) is 2.41. The number of para-hydroxylation sites is 2. The molecule has 0 unspecified atom stereocenters. The molecule has 0 saturated heterocycles. The summed E-state index contributed by atoms with van der Waals surface area (Å²) in [6, 6.07) is 17.3. The molecule has 6 heteroatoms. The number of halogens is 1. The molecule has 0 aliphatic carbocycles. The second-order valence-corrected chi connectivity index (χ2v) is 5.90. The molecule has 1 aromatic heterocycles. The van der Waals surface area contributed by atoms with Crippen molar-refractivity contribution in [3.8, 4) is 5.75 Å². The summed E-state index contributed by atoms with van der Waals surface area (Å²) in [5, 5.41) is 7.22. The van der Waals surface area contributed by atoms with E-state index in [0.717, 1.165) is 33.5 Å². The molecule has 0 bridgehead atoms. The van der Waals surface area contributed by atoms with Crippen molar-refractivity contribution in [3.63, 3.8) is 0 Å². The minimum absolute atomic E-state index is 0.506. The van der Waals surface area contributed by atoms with E-state index in [-0.39, 0.29) is 0 Å². The molecular weight excluding hydrogens is 336 g/mol. The number of anilines is 3. The minimum atomic E-state index is 0.506. The highest BCUT2D eigenvalue weighted by Gasteiger charge is 2.07. The average molecular weight is 355 g/mol.